The van der Waals surface area contributed by atoms with E-state index in [0.717, 1.165) is 70.6 Å². The summed E-state index contributed by atoms with van der Waals surface area (Å²) in [6, 6.07) is 0. The van der Waals surface area contributed by atoms with Crippen LogP contribution in [0.5, 0.6) is 0 Å². The van der Waals surface area contributed by atoms with Crippen LogP contribution in [0.3, 0.4) is 0 Å². The summed E-state index contributed by atoms with van der Waals surface area (Å²) in [6.45, 7) is 3.67. The second kappa shape index (κ2) is 38.0. The van der Waals surface area contributed by atoms with Crippen LogP contribution in [0, 0.1) is 0 Å². The van der Waals surface area contributed by atoms with Crippen LogP contribution in [0.1, 0.15) is 181 Å². The van der Waals surface area contributed by atoms with Crippen LogP contribution >= 0.6 is 7.82 Å². The molecule has 298 valence electrons. The highest BCUT2D eigenvalue weighted by Crippen LogP contribution is 2.43. The fraction of sp³-hybridized carbons (Fsp3) is 0.805. The smallest absolute Gasteiger partial charge is 0.462 e. The number of carbonyl (C=O) groups is 2. The quantitative estimate of drug-likeness (QED) is 0.0274. The van der Waals surface area contributed by atoms with Gasteiger partial charge in [0.2, 0.25) is 0 Å². The normalized spacial score (nSPS) is 13.7. The summed E-state index contributed by atoms with van der Waals surface area (Å²) in [5.41, 5.74) is 5.34. The standard InChI is InChI=1S/C41H76NO8P/c1-3-5-7-9-11-13-15-17-18-19-20-22-23-25-27-29-31-33-40(43)47-37-39(38-49-51(45,46)48-36-35-42)50-41(44)34-32-30-28-26-24-21-16-14-12-10-8-6-4-2/h11,13-14,16-18,39H,3-10,12,15,19-38,42H2,1-2H3,(H,45,46)/t39-/m1/s1. The van der Waals surface area contributed by atoms with Crippen LogP contribution < -0.4 is 5.73 Å². The van der Waals surface area contributed by atoms with E-state index in [4.69, 9.17) is 24.3 Å². The van der Waals surface area contributed by atoms with E-state index in [-0.39, 0.29) is 32.6 Å². The van der Waals surface area contributed by atoms with E-state index in [9.17, 15) is 19.0 Å². The van der Waals surface area contributed by atoms with E-state index in [0.29, 0.717) is 6.42 Å². The van der Waals surface area contributed by atoms with E-state index in [2.05, 4.69) is 50.3 Å². The largest absolute Gasteiger partial charge is 0.472 e. The van der Waals surface area contributed by atoms with Gasteiger partial charge >= 0.3 is 19.8 Å². The average molecular weight is 742 g/mol. The van der Waals surface area contributed by atoms with Crippen LogP contribution in [0.2, 0.25) is 0 Å². The van der Waals surface area contributed by atoms with Gasteiger partial charge in [0.15, 0.2) is 6.10 Å². The molecule has 0 aliphatic heterocycles. The van der Waals surface area contributed by atoms with Gasteiger partial charge in [-0.2, -0.15) is 0 Å². The van der Waals surface area contributed by atoms with Crippen molar-refractivity contribution < 1.29 is 37.6 Å². The maximum atomic E-state index is 12.5. The summed E-state index contributed by atoms with van der Waals surface area (Å²) < 4.78 is 32.7. The van der Waals surface area contributed by atoms with Crippen molar-refractivity contribution in [1.29, 1.82) is 0 Å². The van der Waals surface area contributed by atoms with Crippen molar-refractivity contribution in [2.45, 2.75) is 187 Å². The highest BCUT2D eigenvalue weighted by Gasteiger charge is 2.25. The number of phosphoric acid groups is 1. The minimum atomic E-state index is -4.38. The van der Waals surface area contributed by atoms with E-state index in [1.165, 1.54) is 77.0 Å². The van der Waals surface area contributed by atoms with Gasteiger partial charge in [-0.25, -0.2) is 4.57 Å². The molecule has 1 unspecified atom stereocenters. The Bertz CT molecular complexity index is 939. The van der Waals surface area contributed by atoms with Crippen molar-refractivity contribution >= 4 is 19.8 Å². The molecular weight excluding hydrogens is 665 g/mol. The van der Waals surface area contributed by atoms with Crippen LogP contribution in [0.25, 0.3) is 0 Å². The van der Waals surface area contributed by atoms with E-state index in [1.54, 1.807) is 0 Å². The van der Waals surface area contributed by atoms with Crippen LogP contribution in [-0.2, 0) is 32.7 Å². The van der Waals surface area contributed by atoms with Crippen LogP contribution in [-0.4, -0.2) is 49.3 Å². The summed E-state index contributed by atoms with van der Waals surface area (Å²) >= 11 is 0. The highest BCUT2D eigenvalue weighted by atomic mass is 31.2. The summed E-state index contributed by atoms with van der Waals surface area (Å²) in [5, 5.41) is 0. The lowest BCUT2D eigenvalue weighted by atomic mass is 10.1. The number of unbranched alkanes of at least 4 members (excludes halogenated alkanes) is 19. The van der Waals surface area contributed by atoms with Gasteiger partial charge in [-0.3, -0.25) is 18.6 Å². The number of nitrogens with two attached hydrogens (primary N) is 1. The molecule has 0 saturated heterocycles. The van der Waals surface area contributed by atoms with Crippen molar-refractivity contribution in [2.24, 2.45) is 5.73 Å². The molecule has 9 nitrogen and oxygen atoms in total. The Morgan fingerprint density at radius 2 is 1.02 bits per heavy atom. The molecule has 0 aromatic rings. The van der Waals surface area contributed by atoms with Gasteiger partial charge in [-0.15, -0.1) is 0 Å². The third-order valence-electron chi connectivity index (χ3n) is 8.50. The average Bonchev–Trinajstić information content (AvgIpc) is 3.11. The molecule has 0 aliphatic carbocycles. The predicted molar refractivity (Wildman–Crippen MR) is 210 cm³/mol. The highest BCUT2D eigenvalue weighted by molar-refractivity contribution is 7.47. The molecule has 0 fully saturated rings. The summed E-state index contributed by atoms with van der Waals surface area (Å²) in [6.07, 6.45) is 40.2. The van der Waals surface area contributed by atoms with Crippen molar-refractivity contribution in [1.82, 2.24) is 0 Å². The molecule has 0 saturated carbocycles. The lowest BCUT2D eigenvalue weighted by Crippen LogP contribution is -2.29. The molecule has 0 aromatic heterocycles. The second-order valence-corrected chi connectivity index (χ2v) is 14.9. The van der Waals surface area contributed by atoms with Crippen molar-refractivity contribution in [3.05, 3.63) is 36.5 Å². The van der Waals surface area contributed by atoms with Gasteiger partial charge < -0.3 is 20.1 Å². The molecule has 0 aliphatic rings. The fourth-order valence-corrected chi connectivity index (χ4v) is 6.19. The third-order valence-corrected chi connectivity index (χ3v) is 9.48. The van der Waals surface area contributed by atoms with Gasteiger partial charge in [-0.1, -0.05) is 134 Å². The molecule has 3 N–H and O–H groups in total. The van der Waals surface area contributed by atoms with Gasteiger partial charge in [0, 0.05) is 19.4 Å². The number of esters is 2. The first kappa shape index (κ1) is 49.2. The number of rotatable bonds is 38. The first-order valence-corrected chi connectivity index (χ1v) is 22.0. The molecule has 0 heterocycles. The van der Waals surface area contributed by atoms with Crippen molar-refractivity contribution in [2.75, 3.05) is 26.4 Å². The van der Waals surface area contributed by atoms with Crippen LogP contribution in [0.4, 0.5) is 0 Å². The molecular formula is C41H76NO8P. The zero-order valence-corrected chi connectivity index (χ0v) is 33.5. The molecule has 0 rings (SSSR count). The minimum Gasteiger partial charge on any atom is -0.462 e. The van der Waals surface area contributed by atoms with Gasteiger partial charge in [-0.05, 0) is 70.6 Å². The Labute approximate surface area is 312 Å². The molecule has 0 aromatic carbocycles. The number of hydrogen-bond acceptors (Lipinski definition) is 8. The number of allylic oxidation sites excluding steroid dienone is 6. The molecule has 51 heavy (non-hydrogen) atoms. The van der Waals surface area contributed by atoms with Crippen molar-refractivity contribution in [3.8, 4) is 0 Å². The van der Waals surface area contributed by atoms with E-state index < -0.39 is 32.5 Å². The molecule has 0 amide bonds. The zero-order chi connectivity index (χ0) is 37.5. The first-order chi connectivity index (χ1) is 24.8. The Kier molecular flexibility index (Phi) is 36.7. The Hall–Kier alpha value is -1.77. The maximum absolute atomic E-state index is 12.5. The lowest BCUT2D eigenvalue weighted by molar-refractivity contribution is -0.161. The number of ether oxygens (including phenoxy) is 2. The Morgan fingerprint density at radius 1 is 0.588 bits per heavy atom. The zero-order valence-electron chi connectivity index (χ0n) is 32.6. The van der Waals surface area contributed by atoms with Gasteiger partial charge in [0.25, 0.3) is 0 Å². The summed E-state index contributed by atoms with van der Waals surface area (Å²) in [7, 11) is -4.38. The maximum Gasteiger partial charge on any atom is 0.472 e. The number of phosphoric ester groups is 1. The summed E-state index contributed by atoms with van der Waals surface area (Å²) in [4.78, 5) is 34.8. The monoisotopic (exact) mass is 742 g/mol. The first-order valence-electron chi connectivity index (χ1n) is 20.5. The van der Waals surface area contributed by atoms with E-state index >= 15 is 0 Å². The minimum absolute atomic E-state index is 0.0505. The third kappa shape index (κ3) is 37.8. The number of carbonyl (C=O) groups excluding carboxylic acids is 2. The molecule has 2 atom stereocenters. The predicted octanol–water partition coefficient (Wildman–Crippen LogP) is 11.4. The van der Waals surface area contributed by atoms with Gasteiger partial charge in [0.1, 0.15) is 6.61 Å². The molecule has 0 radical (unpaired) electrons. The topological polar surface area (TPSA) is 134 Å². The Morgan fingerprint density at radius 3 is 1.55 bits per heavy atom. The lowest BCUT2D eigenvalue weighted by Gasteiger charge is -2.19. The second-order valence-electron chi connectivity index (χ2n) is 13.5. The molecule has 0 spiro atoms. The van der Waals surface area contributed by atoms with Crippen molar-refractivity contribution in [3.63, 3.8) is 0 Å². The van der Waals surface area contributed by atoms with Gasteiger partial charge in [0.05, 0.1) is 13.2 Å². The number of hydrogen-bond donors (Lipinski definition) is 2. The fourth-order valence-electron chi connectivity index (χ4n) is 5.42. The summed E-state index contributed by atoms with van der Waals surface area (Å²) in [5.74, 6) is -0.848. The SMILES string of the molecule is CCCCCC=CCC=CCCCCCCCCCC(=O)OC[C@H](COP(=O)(O)OCCN)OC(=O)CCCCCCCC=CCCCCCC. The Balaban J connectivity index is 4.19. The molecule has 10 heteroatoms. The van der Waals surface area contributed by atoms with Crippen LogP contribution in [0.15, 0.2) is 36.5 Å². The molecule has 0 bridgehead atoms. The van der Waals surface area contributed by atoms with E-state index in [1.807, 2.05) is 0 Å².